The fourth-order valence-corrected chi connectivity index (χ4v) is 5.23. The molecule has 1 spiro atoms. The maximum atomic E-state index is 11.8. The van der Waals surface area contributed by atoms with E-state index in [4.69, 9.17) is 9.47 Å². The zero-order chi connectivity index (χ0) is 13.7. The zero-order valence-electron chi connectivity index (χ0n) is 12.1. The van der Waals surface area contributed by atoms with E-state index in [2.05, 4.69) is 17.1 Å². The molecule has 0 saturated carbocycles. The highest BCUT2D eigenvalue weighted by molar-refractivity contribution is 5.71. The van der Waals surface area contributed by atoms with Crippen LogP contribution in [0.1, 0.15) is 25.7 Å². The van der Waals surface area contributed by atoms with E-state index in [1.807, 2.05) is 0 Å². The third kappa shape index (κ3) is 1.64. The number of hydrogen-bond donors (Lipinski definition) is 0. The van der Waals surface area contributed by atoms with Crippen molar-refractivity contribution in [2.75, 3.05) is 26.8 Å². The molecule has 3 fully saturated rings. The summed E-state index contributed by atoms with van der Waals surface area (Å²) in [6.07, 6.45) is 8.83. The summed E-state index contributed by atoms with van der Waals surface area (Å²) in [5, 5.41) is 0. The fraction of sp³-hybridized carbons (Fsp3) is 0.812. The number of esters is 1. The van der Waals surface area contributed by atoms with Gasteiger partial charge in [-0.05, 0) is 50.1 Å². The van der Waals surface area contributed by atoms with E-state index in [-0.39, 0.29) is 17.6 Å². The molecule has 0 aromatic rings. The summed E-state index contributed by atoms with van der Waals surface area (Å²) in [5.74, 6) is 1.59. The number of methoxy groups -OCH3 is 1. The van der Waals surface area contributed by atoms with E-state index < -0.39 is 0 Å². The molecule has 4 rings (SSSR count). The average molecular weight is 277 g/mol. The first kappa shape index (κ1) is 12.8. The highest BCUT2D eigenvalue weighted by atomic mass is 16.5. The maximum absolute atomic E-state index is 11.8. The summed E-state index contributed by atoms with van der Waals surface area (Å²) in [7, 11) is 1.79. The van der Waals surface area contributed by atoms with Crippen molar-refractivity contribution in [2.24, 2.45) is 17.8 Å². The average Bonchev–Trinajstić information content (AvgIpc) is 2.86. The Morgan fingerprint density at radius 1 is 1.35 bits per heavy atom. The lowest BCUT2D eigenvalue weighted by Crippen LogP contribution is -2.63. The molecule has 110 valence electrons. The van der Waals surface area contributed by atoms with Gasteiger partial charge in [0.1, 0.15) is 0 Å². The van der Waals surface area contributed by atoms with E-state index in [1.165, 1.54) is 19.4 Å². The van der Waals surface area contributed by atoms with Crippen LogP contribution >= 0.6 is 0 Å². The van der Waals surface area contributed by atoms with Gasteiger partial charge in [-0.3, -0.25) is 9.69 Å². The molecule has 3 heterocycles. The lowest BCUT2D eigenvalue weighted by Gasteiger charge is -2.56. The molecule has 3 saturated heterocycles. The molecule has 0 amide bonds. The molecule has 4 nitrogen and oxygen atoms in total. The van der Waals surface area contributed by atoms with Crippen LogP contribution in [-0.2, 0) is 14.3 Å². The zero-order valence-corrected chi connectivity index (χ0v) is 12.1. The monoisotopic (exact) mass is 277 g/mol. The molecule has 0 aromatic carbocycles. The maximum Gasteiger partial charge on any atom is 0.306 e. The van der Waals surface area contributed by atoms with Gasteiger partial charge in [0.15, 0.2) is 0 Å². The minimum Gasteiger partial charge on any atom is -0.465 e. The number of carbonyl (C=O) groups is 1. The predicted molar refractivity (Wildman–Crippen MR) is 74.1 cm³/mol. The number of nitrogens with zero attached hydrogens (tertiary/aromatic N) is 1. The van der Waals surface area contributed by atoms with E-state index in [1.54, 1.807) is 7.11 Å². The lowest BCUT2D eigenvalue weighted by molar-refractivity contribution is -0.166. The van der Waals surface area contributed by atoms with Gasteiger partial charge in [0.05, 0.1) is 19.1 Å². The largest absolute Gasteiger partial charge is 0.465 e. The third-order valence-electron chi connectivity index (χ3n) is 6.16. The van der Waals surface area contributed by atoms with Crippen LogP contribution in [0.25, 0.3) is 0 Å². The van der Waals surface area contributed by atoms with Gasteiger partial charge in [-0.25, -0.2) is 0 Å². The van der Waals surface area contributed by atoms with Gasteiger partial charge in [0, 0.05) is 12.6 Å². The Labute approximate surface area is 120 Å². The summed E-state index contributed by atoms with van der Waals surface area (Å²) in [6, 6.07) is 0. The number of cyclic esters (lactones) is 1. The molecule has 2 unspecified atom stereocenters. The molecule has 0 bridgehead atoms. The van der Waals surface area contributed by atoms with Crippen LogP contribution < -0.4 is 0 Å². The van der Waals surface area contributed by atoms with Gasteiger partial charge in [0.25, 0.3) is 0 Å². The van der Waals surface area contributed by atoms with Gasteiger partial charge in [-0.15, -0.1) is 0 Å². The minimum atomic E-state index is -0.00311. The SMILES string of the molecule is CO[C@H]1C=CC2CCN3CCC4COC(=O)C[C@@H]4[C@]23C1. The Morgan fingerprint density at radius 3 is 3.05 bits per heavy atom. The van der Waals surface area contributed by atoms with Crippen molar-refractivity contribution in [2.45, 2.75) is 37.3 Å². The Bertz CT molecular complexity index is 449. The van der Waals surface area contributed by atoms with Crippen LogP contribution in [-0.4, -0.2) is 49.3 Å². The quantitative estimate of drug-likeness (QED) is 0.539. The molecule has 4 aliphatic rings. The van der Waals surface area contributed by atoms with Crippen LogP contribution in [0.3, 0.4) is 0 Å². The second kappa shape index (κ2) is 4.57. The molecule has 5 atom stereocenters. The number of ether oxygens (including phenoxy) is 2. The second-order valence-electron chi connectivity index (χ2n) is 6.78. The Balaban J connectivity index is 1.73. The van der Waals surface area contributed by atoms with Crippen molar-refractivity contribution in [1.29, 1.82) is 0 Å². The van der Waals surface area contributed by atoms with Crippen LogP contribution in [0.2, 0.25) is 0 Å². The van der Waals surface area contributed by atoms with Gasteiger partial charge in [0.2, 0.25) is 0 Å². The summed E-state index contributed by atoms with van der Waals surface area (Å²) in [6.45, 7) is 2.95. The standard InChI is InChI=1S/C16H23NO3/c1-19-13-3-2-12-5-7-17-6-4-11-10-20-15(18)8-14(11)16(12,17)9-13/h2-3,11-14H,4-10H2,1H3/t11?,12?,13-,14-,16-/m0/s1. The highest BCUT2D eigenvalue weighted by Gasteiger charge is 2.59. The summed E-state index contributed by atoms with van der Waals surface area (Å²) >= 11 is 0. The second-order valence-corrected chi connectivity index (χ2v) is 6.78. The number of hydrogen-bond acceptors (Lipinski definition) is 4. The number of carbonyl (C=O) groups excluding carboxylic acids is 1. The van der Waals surface area contributed by atoms with Crippen molar-refractivity contribution in [3.63, 3.8) is 0 Å². The van der Waals surface area contributed by atoms with Crippen LogP contribution in [0.4, 0.5) is 0 Å². The van der Waals surface area contributed by atoms with E-state index >= 15 is 0 Å². The van der Waals surface area contributed by atoms with Gasteiger partial charge in [-0.2, -0.15) is 0 Å². The van der Waals surface area contributed by atoms with Gasteiger partial charge >= 0.3 is 5.97 Å². The molecule has 3 aliphatic heterocycles. The molecule has 4 heteroatoms. The molecule has 1 aliphatic carbocycles. The number of rotatable bonds is 1. The Morgan fingerprint density at radius 2 is 2.20 bits per heavy atom. The first-order valence-corrected chi connectivity index (χ1v) is 7.86. The van der Waals surface area contributed by atoms with Gasteiger partial charge in [-0.1, -0.05) is 12.2 Å². The Kier molecular flexibility index (Phi) is 2.93. The summed E-state index contributed by atoms with van der Waals surface area (Å²) in [4.78, 5) is 14.5. The van der Waals surface area contributed by atoms with Crippen molar-refractivity contribution in [1.82, 2.24) is 4.90 Å². The first-order valence-electron chi connectivity index (χ1n) is 7.86. The minimum absolute atomic E-state index is 0.00311. The Hall–Kier alpha value is -0.870. The smallest absolute Gasteiger partial charge is 0.306 e. The molecule has 0 N–H and O–H groups in total. The molecule has 20 heavy (non-hydrogen) atoms. The predicted octanol–water partition coefficient (Wildman–Crippen LogP) is 1.60. The highest BCUT2D eigenvalue weighted by Crippen LogP contribution is 2.54. The van der Waals surface area contributed by atoms with Crippen molar-refractivity contribution in [3.05, 3.63) is 12.2 Å². The number of piperidine rings is 1. The van der Waals surface area contributed by atoms with Crippen LogP contribution in [0.15, 0.2) is 12.2 Å². The van der Waals surface area contributed by atoms with Crippen LogP contribution in [0, 0.1) is 17.8 Å². The molecule has 0 radical (unpaired) electrons. The summed E-state index contributed by atoms with van der Waals surface area (Å²) < 4.78 is 10.9. The fourth-order valence-electron chi connectivity index (χ4n) is 5.23. The van der Waals surface area contributed by atoms with Crippen molar-refractivity contribution < 1.29 is 14.3 Å². The van der Waals surface area contributed by atoms with Gasteiger partial charge < -0.3 is 9.47 Å². The topological polar surface area (TPSA) is 38.8 Å². The molecular weight excluding hydrogens is 254 g/mol. The summed E-state index contributed by atoms with van der Waals surface area (Å²) in [5.41, 5.74) is 0.151. The van der Waals surface area contributed by atoms with E-state index in [0.29, 0.717) is 30.8 Å². The van der Waals surface area contributed by atoms with Crippen LogP contribution in [0.5, 0.6) is 0 Å². The van der Waals surface area contributed by atoms with Crippen molar-refractivity contribution in [3.8, 4) is 0 Å². The molecular formula is C16H23NO3. The first-order chi connectivity index (χ1) is 9.74. The normalized spacial score (nSPS) is 47.4. The number of fused-ring (bicyclic) bond motifs is 1. The van der Waals surface area contributed by atoms with Crippen molar-refractivity contribution >= 4 is 5.97 Å². The van der Waals surface area contributed by atoms with E-state index in [9.17, 15) is 4.79 Å². The molecule has 0 aromatic heterocycles. The van der Waals surface area contributed by atoms with E-state index in [0.717, 1.165) is 13.0 Å². The third-order valence-corrected chi connectivity index (χ3v) is 6.16. The lowest BCUT2D eigenvalue weighted by atomic mass is 9.60.